The van der Waals surface area contributed by atoms with Crippen molar-refractivity contribution >= 4 is 21.6 Å². The van der Waals surface area contributed by atoms with Gasteiger partial charge in [0.15, 0.2) is 5.65 Å². The van der Waals surface area contributed by atoms with Crippen molar-refractivity contribution in [3.63, 3.8) is 0 Å². The molecule has 0 aliphatic heterocycles. The van der Waals surface area contributed by atoms with Gasteiger partial charge in [-0.05, 0) is 30.9 Å². The van der Waals surface area contributed by atoms with Crippen LogP contribution >= 0.6 is 0 Å². The Balaban J connectivity index is 1.51. The molecule has 0 spiro atoms. The predicted octanol–water partition coefficient (Wildman–Crippen LogP) is -0.280. The van der Waals surface area contributed by atoms with Gasteiger partial charge in [0.25, 0.3) is 0 Å². The zero-order valence-corrected chi connectivity index (χ0v) is 15.4. The van der Waals surface area contributed by atoms with Gasteiger partial charge in [0, 0.05) is 25.2 Å². The Morgan fingerprint density at radius 2 is 2.15 bits per heavy atom. The Labute approximate surface area is 151 Å². The van der Waals surface area contributed by atoms with Gasteiger partial charge in [-0.15, -0.1) is 5.10 Å². The molecular weight excluding hydrogens is 358 g/mol. The number of pyridine rings is 1. The normalized spacial score (nSPS) is 20.5. The SMILES string of the molecule is CS(=O)(=O)N[C@H]1CCC[C@@H]1CNC(=O)CCn1nc2ccccn2c1=O. The van der Waals surface area contributed by atoms with Gasteiger partial charge >= 0.3 is 5.69 Å². The number of carbonyl (C=O) groups excluding carboxylic acids is 1. The second-order valence-corrected chi connectivity index (χ2v) is 8.46. The molecular formula is C16H23N5O4S. The first-order valence-corrected chi connectivity index (χ1v) is 10.5. The van der Waals surface area contributed by atoms with Crippen LogP contribution < -0.4 is 15.7 Å². The van der Waals surface area contributed by atoms with E-state index in [-0.39, 0.29) is 36.5 Å². The molecule has 2 N–H and O–H groups in total. The van der Waals surface area contributed by atoms with Crippen LogP contribution in [0.1, 0.15) is 25.7 Å². The van der Waals surface area contributed by atoms with Crippen LogP contribution in [0.2, 0.25) is 0 Å². The monoisotopic (exact) mass is 381 g/mol. The Hall–Kier alpha value is -2.20. The lowest BCUT2D eigenvalue weighted by Crippen LogP contribution is -2.41. The van der Waals surface area contributed by atoms with Crippen LogP contribution in [0.25, 0.3) is 5.65 Å². The molecule has 2 atom stereocenters. The molecule has 142 valence electrons. The number of hydrogen-bond acceptors (Lipinski definition) is 5. The number of fused-ring (bicyclic) bond motifs is 1. The van der Waals surface area contributed by atoms with E-state index in [1.165, 1.54) is 9.08 Å². The van der Waals surface area contributed by atoms with E-state index in [4.69, 9.17) is 0 Å². The highest BCUT2D eigenvalue weighted by Crippen LogP contribution is 2.25. The molecule has 0 bridgehead atoms. The zero-order valence-electron chi connectivity index (χ0n) is 14.6. The maximum atomic E-state index is 12.2. The number of nitrogens with one attached hydrogen (secondary N) is 2. The van der Waals surface area contributed by atoms with Crippen LogP contribution in [0.5, 0.6) is 0 Å². The average molecular weight is 381 g/mol. The minimum atomic E-state index is -3.25. The summed E-state index contributed by atoms with van der Waals surface area (Å²) in [7, 11) is -3.25. The third-order valence-corrected chi connectivity index (χ3v) is 5.36. The number of carbonyl (C=O) groups is 1. The third kappa shape index (κ3) is 4.50. The minimum absolute atomic E-state index is 0.0894. The molecule has 2 heterocycles. The zero-order chi connectivity index (χ0) is 18.7. The standard InChI is InChI=1S/C16H23N5O4S/c1-26(24,25)19-13-6-4-5-12(13)11-17-15(22)8-10-21-16(23)20-9-3-2-7-14(20)18-21/h2-3,7,9,12-13,19H,4-6,8,10-11H2,1H3,(H,17,22)/t12-,13+/m1/s1. The summed E-state index contributed by atoms with van der Waals surface area (Å²) < 4.78 is 28.1. The van der Waals surface area contributed by atoms with Crippen LogP contribution in [0.4, 0.5) is 0 Å². The molecule has 0 radical (unpaired) electrons. The van der Waals surface area contributed by atoms with Crippen molar-refractivity contribution in [1.82, 2.24) is 24.2 Å². The smallest absolute Gasteiger partial charge is 0.350 e. The quantitative estimate of drug-likeness (QED) is 0.685. The van der Waals surface area contributed by atoms with Crippen molar-refractivity contribution in [2.75, 3.05) is 12.8 Å². The number of rotatable bonds is 7. The first kappa shape index (κ1) is 18.6. The Morgan fingerprint density at radius 1 is 1.35 bits per heavy atom. The van der Waals surface area contributed by atoms with Gasteiger partial charge in [0.05, 0.1) is 12.8 Å². The summed E-state index contributed by atoms with van der Waals surface area (Å²) in [6.45, 7) is 0.619. The lowest BCUT2D eigenvalue weighted by atomic mass is 10.0. The van der Waals surface area contributed by atoms with Gasteiger partial charge in [-0.3, -0.25) is 9.20 Å². The largest absolute Gasteiger partial charge is 0.356 e. The Morgan fingerprint density at radius 3 is 2.88 bits per heavy atom. The van der Waals surface area contributed by atoms with E-state index in [1.54, 1.807) is 24.4 Å². The highest BCUT2D eigenvalue weighted by atomic mass is 32.2. The first-order chi connectivity index (χ1) is 12.3. The summed E-state index contributed by atoms with van der Waals surface area (Å²) in [4.78, 5) is 24.2. The molecule has 3 rings (SSSR count). The molecule has 1 amide bonds. The first-order valence-electron chi connectivity index (χ1n) is 8.62. The van der Waals surface area contributed by atoms with Gasteiger partial charge in [-0.2, -0.15) is 0 Å². The molecule has 1 fully saturated rings. The van der Waals surface area contributed by atoms with E-state index >= 15 is 0 Å². The van der Waals surface area contributed by atoms with Crippen molar-refractivity contribution in [3.05, 3.63) is 34.9 Å². The fourth-order valence-electron chi connectivity index (χ4n) is 3.37. The molecule has 0 unspecified atom stereocenters. The molecule has 10 heteroatoms. The maximum Gasteiger partial charge on any atom is 0.350 e. The third-order valence-electron chi connectivity index (χ3n) is 4.63. The molecule has 9 nitrogen and oxygen atoms in total. The summed E-state index contributed by atoms with van der Waals surface area (Å²) in [6.07, 6.45) is 5.51. The highest BCUT2D eigenvalue weighted by molar-refractivity contribution is 7.88. The minimum Gasteiger partial charge on any atom is -0.356 e. The molecule has 26 heavy (non-hydrogen) atoms. The summed E-state index contributed by atoms with van der Waals surface area (Å²) in [5.41, 5.74) is 0.264. The van der Waals surface area contributed by atoms with Crippen LogP contribution in [0.15, 0.2) is 29.2 Å². The Kier molecular flexibility index (Phi) is 5.42. The molecule has 1 aliphatic rings. The van der Waals surface area contributed by atoms with Crippen molar-refractivity contribution in [2.45, 2.75) is 38.3 Å². The molecule has 1 saturated carbocycles. The van der Waals surface area contributed by atoms with Crippen LogP contribution in [-0.4, -0.2) is 47.3 Å². The number of nitrogens with zero attached hydrogens (tertiary/aromatic N) is 3. The van der Waals surface area contributed by atoms with E-state index in [1.807, 2.05) is 0 Å². The maximum absolute atomic E-state index is 12.2. The van der Waals surface area contributed by atoms with Crippen LogP contribution in [-0.2, 0) is 21.4 Å². The lowest BCUT2D eigenvalue weighted by Gasteiger charge is -2.20. The second kappa shape index (κ2) is 7.58. The molecule has 0 aromatic carbocycles. The number of sulfonamides is 1. The summed E-state index contributed by atoms with van der Waals surface area (Å²) in [5, 5.41) is 7.02. The van der Waals surface area contributed by atoms with Gasteiger partial charge in [-0.1, -0.05) is 12.5 Å². The summed E-state index contributed by atoms with van der Waals surface area (Å²) in [6, 6.07) is 5.13. The summed E-state index contributed by atoms with van der Waals surface area (Å²) in [5.74, 6) is -0.0921. The molecule has 1 aliphatic carbocycles. The second-order valence-electron chi connectivity index (χ2n) is 6.68. The van der Waals surface area contributed by atoms with Gasteiger partial charge in [-0.25, -0.2) is 22.6 Å². The predicted molar refractivity (Wildman–Crippen MR) is 96.2 cm³/mol. The average Bonchev–Trinajstić information content (AvgIpc) is 3.14. The highest BCUT2D eigenvalue weighted by Gasteiger charge is 2.29. The van der Waals surface area contributed by atoms with E-state index < -0.39 is 10.0 Å². The lowest BCUT2D eigenvalue weighted by molar-refractivity contribution is -0.121. The topological polar surface area (TPSA) is 115 Å². The van der Waals surface area contributed by atoms with E-state index in [0.29, 0.717) is 12.2 Å². The summed E-state index contributed by atoms with van der Waals surface area (Å²) >= 11 is 0. The molecule has 2 aromatic heterocycles. The van der Waals surface area contributed by atoms with Crippen molar-refractivity contribution in [1.29, 1.82) is 0 Å². The number of aryl methyl sites for hydroxylation is 1. The van der Waals surface area contributed by atoms with E-state index in [0.717, 1.165) is 25.5 Å². The van der Waals surface area contributed by atoms with Crippen LogP contribution in [0, 0.1) is 5.92 Å². The van der Waals surface area contributed by atoms with Gasteiger partial charge in [0.2, 0.25) is 15.9 Å². The van der Waals surface area contributed by atoms with E-state index in [9.17, 15) is 18.0 Å². The number of amides is 1. The number of aromatic nitrogens is 3. The van der Waals surface area contributed by atoms with E-state index in [2.05, 4.69) is 15.1 Å². The number of hydrogen-bond donors (Lipinski definition) is 2. The van der Waals surface area contributed by atoms with Gasteiger partial charge < -0.3 is 5.32 Å². The van der Waals surface area contributed by atoms with Crippen LogP contribution in [0.3, 0.4) is 0 Å². The van der Waals surface area contributed by atoms with Gasteiger partial charge in [0.1, 0.15) is 0 Å². The van der Waals surface area contributed by atoms with Crippen molar-refractivity contribution < 1.29 is 13.2 Å². The fourth-order valence-corrected chi connectivity index (χ4v) is 4.23. The Bertz CT molecular complexity index is 949. The molecule has 0 saturated heterocycles. The fraction of sp³-hybridized carbons (Fsp3) is 0.562. The van der Waals surface area contributed by atoms with Crippen molar-refractivity contribution in [2.24, 2.45) is 5.92 Å². The molecule has 2 aromatic rings. The van der Waals surface area contributed by atoms with Crippen molar-refractivity contribution in [3.8, 4) is 0 Å².